The third kappa shape index (κ3) is 5.17. The average molecular weight is 655 g/mol. The monoisotopic (exact) mass is 654 g/mol. The van der Waals surface area contributed by atoms with E-state index in [4.69, 9.17) is 19.6 Å². The highest BCUT2D eigenvalue weighted by atomic mass is 32.1. The van der Waals surface area contributed by atoms with Crippen LogP contribution in [0.3, 0.4) is 0 Å². The van der Waals surface area contributed by atoms with Crippen molar-refractivity contribution in [3.8, 4) is 39.5 Å². The molecule has 1 aliphatic heterocycles. The van der Waals surface area contributed by atoms with Gasteiger partial charge < -0.3 is 18.9 Å². The van der Waals surface area contributed by atoms with Crippen LogP contribution in [0.25, 0.3) is 54.9 Å². The number of thiophene rings is 1. The average Bonchev–Trinajstić information content (AvgIpc) is 3.81. The molecule has 1 aliphatic rings. The van der Waals surface area contributed by atoms with Gasteiger partial charge in [0.15, 0.2) is 0 Å². The zero-order valence-electron chi connectivity index (χ0n) is 26.3. The van der Waals surface area contributed by atoms with Gasteiger partial charge >= 0.3 is 0 Å². The van der Waals surface area contributed by atoms with E-state index in [9.17, 15) is 9.18 Å². The highest BCUT2D eigenvalue weighted by Gasteiger charge is 2.34. The number of methoxy groups -OCH3 is 1. The molecule has 0 spiro atoms. The molecule has 5 heterocycles. The first-order valence-corrected chi connectivity index (χ1v) is 16.0. The maximum atomic E-state index is 16.1. The third-order valence-corrected chi connectivity index (χ3v) is 9.77. The van der Waals surface area contributed by atoms with Crippen LogP contribution in [0.4, 0.5) is 8.78 Å². The minimum Gasteiger partial charge on any atom is -0.490 e. The van der Waals surface area contributed by atoms with Gasteiger partial charge in [0.25, 0.3) is 0 Å². The first-order valence-electron chi connectivity index (χ1n) is 15.2. The van der Waals surface area contributed by atoms with Gasteiger partial charge in [0.1, 0.15) is 35.4 Å². The molecule has 0 unspecified atom stereocenters. The minimum absolute atomic E-state index is 0.0358. The van der Waals surface area contributed by atoms with E-state index in [0.29, 0.717) is 29.2 Å². The topological polar surface area (TPSA) is 87.3 Å². The number of carbonyl (C=O) groups is 1. The van der Waals surface area contributed by atoms with Crippen molar-refractivity contribution in [3.63, 3.8) is 0 Å². The molecule has 0 radical (unpaired) electrons. The van der Waals surface area contributed by atoms with Crippen LogP contribution >= 0.6 is 11.3 Å². The van der Waals surface area contributed by atoms with Crippen molar-refractivity contribution >= 4 is 38.4 Å². The van der Waals surface area contributed by atoms with E-state index in [-0.39, 0.29) is 42.5 Å². The number of halogens is 2. The van der Waals surface area contributed by atoms with E-state index >= 15 is 4.39 Å². The number of hydrogen-bond acceptors (Lipinski definition) is 7. The molecule has 2 aromatic carbocycles. The number of amides is 1. The van der Waals surface area contributed by atoms with Crippen LogP contribution in [-0.2, 0) is 23.1 Å². The van der Waals surface area contributed by atoms with E-state index in [1.165, 1.54) is 30.6 Å². The van der Waals surface area contributed by atoms with Crippen LogP contribution in [0, 0.1) is 11.6 Å². The Morgan fingerprint density at radius 2 is 1.91 bits per heavy atom. The van der Waals surface area contributed by atoms with Crippen LogP contribution in [0.5, 0.6) is 5.75 Å². The molecule has 4 aromatic heterocycles. The number of fused-ring (bicyclic) bond motifs is 3. The SMILES string of the molecule is C=CC(=O)N1Cc2cc(-c3nc(-c4ccc5c(c4)ncn5C)c4ccsc4c3-c3c(F)cc(F)cc3OCCOC)nn2[C@H](C)[C@H]1C. The first kappa shape index (κ1) is 30.7. The normalized spacial score (nSPS) is 16.2. The predicted octanol–water partition coefficient (Wildman–Crippen LogP) is 7.16. The molecule has 0 saturated carbocycles. The highest BCUT2D eigenvalue weighted by Crippen LogP contribution is 2.47. The van der Waals surface area contributed by atoms with Gasteiger partial charge in [0.2, 0.25) is 5.91 Å². The number of ether oxygens (including phenoxy) is 2. The van der Waals surface area contributed by atoms with Crippen molar-refractivity contribution in [1.82, 2.24) is 29.2 Å². The second kappa shape index (κ2) is 12.0. The van der Waals surface area contributed by atoms with Crippen LogP contribution in [-0.4, -0.2) is 61.5 Å². The van der Waals surface area contributed by atoms with Gasteiger partial charge in [-0.15, -0.1) is 11.3 Å². The summed E-state index contributed by atoms with van der Waals surface area (Å²) in [5.74, 6) is -1.68. The highest BCUT2D eigenvalue weighted by molar-refractivity contribution is 7.18. The summed E-state index contributed by atoms with van der Waals surface area (Å²) < 4.78 is 46.4. The van der Waals surface area contributed by atoms with Gasteiger partial charge in [0.05, 0.1) is 59.5 Å². The lowest BCUT2D eigenvalue weighted by molar-refractivity contribution is -0.130. The number of aryl methyl sites for hydroxylation is 1. The molecule has 240 valence electrons. The number of aromatic nitrogens is 5. The lowest BCUT2D eigenvalue weighted by Crippen LogP contribution is -2.46. The first-order chi connectivity index (χ1) is 22.7. The molecule has 6 aromatic rings. The van der Waals surface area contributed by atoms with E-state index in [1.54, 1.807) is 11.2 Å². The number of carbonyl (C=O) groups excluding carboxylic acids is 1. The largest absolute Gasteiger partial charge is 0.490 e. The molecule has 2 atom stereocenters. The zero-order chi connectivity index (χ0) is 33.0. The molecule has 0 bridgehead atoms. The number of nitrogens with zero attached hydrogens (tertiary/aromatic N) is 6. The maximum Gasteiger partial charge on any atom is 0.246 e. The van der Waals surface area contributed by atoms with Crippen LogP contribution < -0.4 is 4.74 Å². The summed E-state index contributed by atoms with van der Waals surface area (Å²) in [6.07, 6.45) is 3.07. The summed E-state index contributed by atoms with van der Waals surface area (Å²) in [5.41, 5.74) is 5.51. The molecule has 9 nitrogen and oxygen atoms in total. The van der Waals surface area contributed by atoms with Crippen molar-refractivity contribution in [1.29, 1.82) is 0 Å². The van der Waals surface area contributed by atoms with Gasteiger partial charge in [-0.3, -0.25) is 9.48 Å². The summed E-state index contributed by atoms with van der Waals surface area (Å²) >= 11 is 1.43. The molecule has 0 N–H and O–H groups in total. The fraction of sp³-hybridized carbons (Fsp3) is 0.257. The molecule has 0 saturated heterocycles. The fourth-order valence-electron chi connectivity index (χ4n) is 6.29. The van der Waals surface area contributed by atoms with E-state index in [2.05, 4.69) is 11.6 Å². The summed E-state index contributed by atoms with van der Waals surface area (Å²) in [7, 11) is 3.47. The Kier molecular flexibility index (Phi) is 7.85. The molecular weight excluding hydrogens is 622 g/mol. The van der Waals surface area contributed by atoms with Crippen molar-refractivity contribution < 1.29 is 23.0 Å². The lowest BCUT2D eigenvalue weighted by Gasteiger charge is -2.37. The smallest absolute Gasteiger partial charge is 0.246 e. The van der Waals surface area contributed by atoms with Crippen molar-refractivity contribution in [2.45, 2.75) is 32.5 Å². The van der Waals surface area contributed by atoms with Crippen LogP contribution in [0.15, 0.2) is 66.8 Å². The van der Waals surface area contributed by atoms with Crippen LogP contribution in [0.2, 0.25) is 0 Å². The summed E-state index contributed by atoms with van der Waals surface area (Å²) in [5, 5.41) is 7.73. The second-order valence-electron chi connectivity index (χ2n) is 11.6. The lowest BCUT2D eigenvalue weighted by atomic mass is 9.96. The molecular formula is C35H32F2N6O3S. The fourth-order valence-corrected chi connectivity index (χ4v) is 7.23. The Morgan fingerprint density at radius 3 is 2.70 bits per heavy atom. The summed E-state index contributed by atoms with van der Waals surface area (Å²) in [4.78, 5) is 24.3. The number of hydrogen-bond donors (Lipinski definition) is 0. The zero-order valence-corrected chi connectivity index (χ0v) is 27.1. The summed E-state index contributed by atoms with van der Waals surface area (Å²) in [6, 6.07) is 11.5. The number of rotatable bonds is 8. The third-order valence-electron chi connectivity index (χ3n) is 8.84. The van der Waals surface area contributed by atoms with Gasteiger partial charge in [-0.1, -0.05) is 12.6 Å². The number of pyridine rings is 1. The van der Waals surface area contributed by atoms with Gasteiger partial charge in [-0.2, -0.15) is 5.10 Å². The Morgan fingerprint density at radius 1 is 1.09 bits per heavy atom. The minimum atomic E-state index is -0.786. The predicted molar refractivity (Wildman–Crippen MR) is 178 cm³/mol. The quantitative estimate of drug-likeness (QED) is 0.128. The second-order valence-corrected chi connectivity index (χ2v) is 12.5. The van der Waals surface area contributed by atoms with Crippen molar-refractivity contribution in [2.75, 3.05) is 20.3 Å². The molecule has 7 rings (SSSR count). The Balaban J connectivity index is 1.51. The Bertz CT molecular complexity index is 2190. The molecule has 47 heavy (non-hydrogen) atoms. The molecule has 12 heteroatoms. The van der Waals surface area contributed by atoms with Crippen molar-refractivity contribution in [3.05, 3.63) is 84.2 Å². The molecule has 0 aliphatic carbocycles. The van der Waals surface area contributed by atoms with Gasteiger partial charge in [0, 0.05) is 47.5 Å². The maximum absolute atomic E-state index is 16.1. The van der Waals surface area contributed by atoms with E-state index < -0.39 is 11.6 Å². The Labute approximate surface area is 273 Å². The molecule has 1 amide bonds. The van der Waals surface area contributed by atoms with E-state index in [1.807, 2.05) is 65.9 Å². The van der Waals surface area contributed by atoms with Gasteiger partial charge in [-0.05, 0) is 49.6 Å². The summed E-state index contributed by atoms with van der Waals surface area (Å²) in [6.45, 7) is 8.28. The number of benzene rings is 2. The number of imidazole rings is 1. The Hall–Kier alpha value is -4.94. The van der Waals surface area contributed by atoms with Gasteiger partial charge in [-0.25, -0.2) is 18.7 Å². The van der Waals surface area contributed by atoms with Crippen LogP contribution in [0.1, 0.15) is 25.6 Å². The van der Waals surface area contributed by atoms with E-state index in [0.717, 1.165) is 38.4 Å². The standard InChI is InChI=1S/C35H32F2N6O3S/c1-6-30(44)42-17-23-16-27(40-43(23)20(3)19(42)2)34-32(31-25(37)14-22(36)15-29(31)46-11-10-45-5)35-24(9-12-47-35)33(39-34)21-7-8-28-26(13-21)38-18-41(28)4/h6-9,12-16,18-20H,1,10-11,17H2,2-5H3/t19-,20-/m1/s1. The molecule has 0 fully saturated rings. The van der Waals surface area contributed by atoms with Crippen molar-refractivity contribution in [2.24, 2.45) is 7.05 Å².